The molecule has 2 fully saturated rings. The standard InChI is InChI=1S/C21H27FN2O2/c22-19-9-5-4-6-16(19)10-11-20(25)23-18-12-14-24(15-13-18)21(26)17-7-2-1-3-8-17/h4-6,9-11,17-18H,1-3,7-8,12-15H2,(H,23,25). The van der Waals surface area contributed by atoms with E-state index in [-0.39, 0.29) is 23.7 Å². The number of amides is 2. The Labute approximate surface area is 154 Å². The number of hydrogen-bond acceptors (Lipinski definition) is 2. The largest absolute Gasteiger partial charge is 0.350 e. The van der Waals surface area contributed by atoms with Gasteiger partial charge < -0.3 is 10.2 Å². The van der Waals surface area contributed by atoms with E-state index in [1.165, 1.54) is 24.6 Å². The van der Waals surface area contributed by atoms with Gasteiger partial charge in [-0.15, -0.1) is 0 Å². The van der Waals surface area contributed by atoms with Gasteiger partial charge in [-0.05, 0) is 37.8 Å². The summed E-state index contributed by atoms with van der Waals surface area (Å²) in [4.78, 5) is 26.6. The Morgan fingerprint density at radius 3 is 2.42 bits per heavy atom. The summed E-state index contributed by atoms with van der Waals surface area (Å²) in [6.07, 6.45) is 10.0. The molecule has 1 aliphatic carbocycles. The van der Waals surface area contributed by atoms with Crippen molar-refractivity contribution in [1.29, 1.82) is 0 Å². The molecule has 2 aliphatic rings. The van der Waals surface area contributed by atoms with Crippen LogP contribution in [0.4, 0.5) is 4.39 Å². The Bertz CT molecular complexity index is 660. The fourth-order valence-corrected chi connectivity index (χ4v) is 3.88. The second-order valence-electron chi connectivity index (χ2n) is 7.30. The van der Waals surface area contributed by atoms with E-state index in [2.05, 4.69) is 5.32 Å². The average Bonchev–Trinajstić information content (AvgIpc) is 2.68. The van der Waals surface area contributed by atoms with Crippen LogP contribution in [0, 0.1) is 11.7 Å². The number of nitrogens with one attached hydrogen (secondary N) is 1. The van der Waals surface area contributed by atoms with Crippen LogP contribution in [0.25, 0.3) is 6.08 Å². The zero-order chi connectivity index (χ0) is 18.4. The Morgan fingerprint density at radius 1 is 1.04 bits per heavy atom. The number of rotatable bonds is 4. The van der Waals surface area contributed by atoms with Crippen LogP contribution < -0.4 is 5.32 Å². The summed E-state index contributed by atoms with van der Waals surface area (Å²) in [7, 11) is 0. The van der Waals surface area contributed by atoms with Gasteiger partial charge in [-0.1, -0.05) is 37.5 Å². The van der Waals surface area contributed by atoms with Crippen molar-refractivity contribution in [2.75, 3.05) is 13.1 Å². The minimum Gasteiger partial charge on any atom is -0.350 e. The second kappa shape index (κ2) is 8.97. The third-order valence-corrected chi connectivity index (χ3v) is 5.43. The molecule has 4 nitrogen and oxygen atoms in total. The van der Waals surface area contributed by atoms with Gasteiger partial charge in [0.25, 0.3) is 0 Å². The van der Waals surface area contributed by atoms with Gasteiger partial charge in [0.15, 0.2) is 0 Å². The lowest BCUT2D eigenvalue weighted by atomic mass is 9.87. The highest BCUT2D eigenvalue weighted by Crippen LogP contribution is 2.26. The van der Waals surface area contributed by atoms with Crippen molar-refractivity contribution >= 4 is 17.9 Å². The molecule has 0 spiro atoms. The molecule has 0 atom stereocenters. The lowest BCUT2D eigenvalue weighted by Gasteiger charge is -2.35. The maximum absolute atomic E-state index is 13.6. The maximum Gasteiger partial charge on any atom is 0.244 e. The summed E-state index contributed by atoms with van der Waals surface area (Å²) in [5.41, 5.74) is 0.399. The summed E-state index contributed by atoms with van der Waals surface area (Å²) < 4.78 is 13.6. The topological polar surface area (TPSA) is 49.4 Å². The van der Waals surface area contributed by atoms with E-state index < -0.39 is 0 Å². The number of carbonyl (C=O) groups excluding carboxylic acids is 2. The third kappa shape index (κ3) is 4.93. The van der Waals surface area contributed by atoms with Gasteiger partial charge in [0.2, 0.25) is 11.8 Å². The molecule has 140 valence electrons. The number of hydrogen-bond donors (Lipinski definition) is 1. The molecule has 1 saturated carbocycles. The van der Waals surface area contributed by atoms with Gasteiger partial charge in [-0.25, -0.2) is 4.39 Å². The van der Waals surface area contributed by atoms with E-state index in [1.54, 1.807) is 18.2 Å². The molecule has 1 heterocycles. The van der Waals surface area contributed by atoms with E-state index in [0.717, 1.165) is 38.5 Å². The summed E-state index contributed by atoms with van der Waals surface area (Å²) in [6.45, 7) is 1.41. The molecular formula is C21H27FN2O2. The maximum atomic E-state index is 13.6. The normalized spacial score (nSPS) is 19.7. The zero-order valence-electron chi connectivity index (χ0n) is 15.1. The Morgan fingerprint density at radius 2 is 1.73 bits per heavy atom. The summed E-state index contributed by atoms with van der Waals surface area (Å²) >= 11 is 0. The zero-order valence-corrected chi connectivity index (χ0v) is 15.1. The van der Waals surface area contributed by atoms with Gasteiger partial charge in [0.05, 0.1) is 0 Å². The first-order valence-corrected chi connectivity index (χ1v) is 9.65. The molecular weight excluding hydrogens is 331 g/mol. The molecule has 1 aromatic rings. The van der Waals surface area contributed by atoms with Crippen LogP contribution in [-0.4, -0.2) is 35.8 Å². The average molecular weight is 358 g/mol. The molecule has 5 heteroatoms. The first-order chi connectivity index (χ1) is 12.6. The Kier molecular flexibility index (Phi) is 6.42. The molecule has 0 aromatic heterocycles. The number of likely N-dealkylation sites (tertiary alicyclic amines) is 1. The molecule has 1 aliphatic heterocycles. The molecule has 0 bridgehead atoms. The van der Waals surface area contributed by atoms with Gasteiger partial charge in [-0.3, -0.25) is 9.59 Å². The van der Waals surface area contributed by atoms with Crippen LogP contribution >= 0.6 is 0 Å². The SMILES string of the molecule is O=C(C=Cc1ccccc1F)NC1CCN(C(=O)C2CCCCC2)CC1. The van der Waals surface area contributed by atoms with Gasteiger partial charge >= 0.3 is 0 Å². The van der Waals surface area contributed by atoms with Crippen molar-refractivity contribution in [2.45, 2.75) is 51.0 Å². The number of nitrogens with zero attached hydrogens (tertiary/aromatic N) is 1. The highest BCUT2D eigenvalue weighted by Gasteiger charge is 2.29. The van der Waals surface area contributed by atoms with Crippen LogP contribution in [-0.2, 0) is 9.59 Å². The number of halogens is 1. The van der Waals surface area contributed by atoms with Crippen molar-refractivity contribution in [3.05, 3.63) is 41.7 Å². The van der Waals surface area contributed by atoms with Crippen molar-refractivity contribution in [1.82, 2.24) is 10.2 Å². The van der Waals surface area contributed by atoms with Crippen molar-refractivity contribution in [3.8, 4) is 0 Å². The minimum absolute atomic E-state index is 0.0724. The lowest BCUT2D eigenvalue weighted by Crippen LogP contribution is -2.48. The van der Waals surface area contributed by atoms with Crippen molar-refractivity contribution in [3.63, 3.8) is 0 Å². The predicted octanol–water partition coefficient (Wildman–Crippen LogP) is 3.53. The van der Waals surface area contributed by atoms with Crippen LogP contribution in [0.3, 0.4) is 0 Å². The molecule has 1 aromatic carbocycles. The number of piperidine rings is 1. The van der Waals surface area contributed by atoms with E-state index >= 15 is 0 Å². The van der Waals surface area contributed by atoms with Gasteiger partial charge in [-0.2, -0.15) is 0 Å². The quantitative estimate of drug-likeness (QED) is 0.837. The lowest BCUT2D eigenvalue weighted by molar-refractivity contribution is -0.137. The molecule has 26 heavy (non-hydrogen) atoms. The van der Waals surface area contributed by atoms with Crippen LogP contribution in [0.1, 0.15) is 50.5 Å². The first kappa shape index (κ1) is 18.6. The van der Waals surface area contributed by atoms with E-state index in [0.29, 0.717) is 24.6 Å². The van der Waals surface area contributed by atoms with Crippen LogP contribution in [0.5, 0.6) is 0 Å². The van der Waals surface area contributed by atoms with E-state index in [9.17, 15) is 14.0 Å². The molecule has 3 rings (SSSR count). The third-order valence-electron chi connectivity index (χ3n) is 5.43. The molecule has 1 saturated heterocycles. The second-order valence-corrected chi connectivity index (χ2v) is 7.30. The van der Waals surface area contributed by atoms with Crippen LogP contribution in [0.2, 0.25) is 0 Å². The van der Waals surface area contributed by atoms with E-state index in [1.807, 2.05) is 4.90 Å². The number of carbonyl (C=O) groups is 2. The molecule has 0 radical (unpaired) electrons. The summed E-state index contributed by atoms with van der Waals surface area (Å²) in [5.74, 6) is -0.0519. The van der Waals surface area contributed by atoms with Crippen LogP contribution in [0.15, 0.2) is 30.3 Å². The molecule has 0 unspecified atom stereocenters. The Balaban J connectivity index is 1.44. The summed E-state index contributed by atoms with van der Waals surface area (Å²) in [6, 6.07) is 6.43. The van der Waals surface area contributed by atoms with Crippen molar-refractivity contribution in [2.24, 2.45) is 5.92 Å². The molecule has 1 N–H and O–H groups in total. The minimum atomic E-state index is -0.342. The fraction of sp³-hybridized carbons (Fsp3) is 0.524. The van der Waals surface area contributed by atoms with Gasteiger partial charge in [0.1, 0.15) is 5.82 Å². The Hall–Kier alpha value is -2.17. The van der Waals surface area contributed by atoms with Crippen molar-refractivity contribution < 1.29 is 14.0 Å². The monoisotopic (exact) mass is 358 g/mol. The summed E-state index contributed by atoms with van der Waals surface area (Å²) in [5, 5.41) is 2.96. The highest BCUT2D eigenvalue weighted by atomic mass is 19.1. The van der Waals surface area contributed by atoms with Gasteiger partial charge in [0, 0.05) is 36.7 Å². The smallest absolute Gasteiger partial charge is 0.244 e. The number of benzene rings is 1. The molecule has 2 amide bonds. The first-order valence-electron chi connectivity index (χ1n) is 9.65. The predicted molar refractivity (Wildman–Crippen MR) is 99.8 cm³/mol. The fourth-order valence-electron chi connectivity index (χ4n) is 3.88. The van der Waals surface area contributed by atoms with E-state index in [4.69, 9.17) is 0 Å². The highest BCUT2D eigenvalue weighted by molar-refractivity contribution is 5.92.